The van der Waals surface area contributed by atoms with Crippen LogP contribution in [0.25, 0.3) is 11.0 Å². The van der Waals surface area contributed by atoms with Crippen LogP contribution in [-0.2, 0) is 6.42 Å². The maximum Gasteiger partial charge on any atom is 0.251 e. The zero-order valence-corrected chi connectivity index (χ0v) is 16.8. The molecule has 0 saturated heterocycles. The minimum atomic E-state index is -0.0339. The van der Waals surface area contributed by atoms with Crippen LogP contribution in [0.15, 0.2) is 42.7 Å². The van der Waals surface area contributed by atoms with Crippen molar-refractivity contribution in [2.45, 2.75) is 46.0 Å². The van der Waals surface area contributed by atoms with Gasteiger partial charge in [-0.05, 0) is 72.6 Å². The number of carbonyl (C=O) groups is 1. The summed E-state index contributed by atoms with van der Waals surface area (Å²) >= 11 is 0. The van der Waals surface area contributed by atoms with Gasteiger partial charge in [-0.15, -0.1) is 0 Å². The number of nitrogens with zero attached hydrogens (tertiary/aromatic N) is 1. The largest absolute Gasteiger partial charge is 0.508 e. The molecular formula is C23H29N3O2. The molecule has 3 aromatic rings. The second-order valence-corrected chi connectivity index (χ2v) is 7.58. The molecule has 0 fully saturated rings. The Morgan fingerprint density at radius 1 is 1.25 bits per heavy atom. The zero-order valence-electron chi connectivity index (χ0n) is 16.8. The number of amides is 1. The number of benzene rings is 2. The lowest BCUT2D eigenvalue weighted by atomic mass is 9.77. The third kappa shape index (κ3) is 4.53. The summed E-state index contributed by atoms with van der Waals surface area (Å²) in [4.78, 5) is 18.7. The van der Waals surface area contributed by atoms with Gasteiger partial charge in [-0.1, -0.05) is 26.8 Å². The predicted octanol–water partition coefficient (Wildman–Crippen LogP) is 4.78. The number of hydrogen-bond acceptors (Lipinski definition) is 3. The van der Waals surface area contributed by atoms with Gasteiger partial charge in [0.2, 0.25) is 0 Å². The minimum absolute atomic E-state index is 0.0339. The van der Waals surface area contributed by atoms with Crippen molar-refractivity contribution in [2.75, 3.05) is 6.54 Å². The average Bonchev–Trinajstić information content (AvgIpc) is 3.17. The van der Waals surface area contributed by atoms with Crippen molar-refractivity contribution in [1.82, 2.24) is 15.3 Å². The van der Waals surface area contributed by atoms with Crippen molar-refractivity contribution in [3.8, 4) is 5.75 Å². The van der Waals surface area contributed by atoms with Crippen LogP contribution < -0.4 is 5.32 Å². The van der Waals surface area contributed by atoms with E-state index in [9.17, 15) is 9.90 Å². The fourth-order valence-corrected chi connectivity index (χ4v) is 3.59. The Hall–Kier alpha value is -2.82. The summed E-state index contributed by atoms with van der Waals surface area (Å²) in [5.41, 5.74) is 5.20. The molecule has 2 atom stereocenters. The lowest BCUT2D eigenvalue weighted by Crippen LogP contribution is -2.23. The van der Waals surface area contributed by atoms with E-state index >= 15 is 0 Å². The molecule has 1 aliphatic carbocycles. The van der Waals surface area contributed by atoms with Gasteiger partial charge in [0.25, 0.3) is 5.91 Å². The normalized spacial score (nSPS) is 18.1. The van der Waals surface area contributed by atoms with E-state index in [2.05, 4.69) is 35.2 Å². The first kappa shape index (κ1) is 19.9. The van der Waals surface area contributed by atoms with E-state index in [1.54, 1.807) is 18.5 Å². The SMILES string of the molecule is CCCNC(=O)c1ccc2nc[nH]c2c1.C[C@@H]1CCc2ccc(O)cc2[C@@H]1C. The summed E-state index contributed by atoms with van der Waals surface area (Å²) < 4.78 is 0. The second-order valence-electron chi connectivity index (χ2n) is 7.58. The molecule has 0 unspecified atom stereocenters. The molecule has 1 aromatic heterocycles. The van der Waals surface area contributed by atoms with Crippen LogP contribution in [0.3, 0.4) is 0 Å². The number of fused-ring (bicyclic) bond motifs is 2. The van der Waals surface area contributed by atoms with Crippen molar-refractivity contribution in [1.29, 1.82) is 0 Å². The third-order valence-corrected chi connectivity index (χ3v) is 5.56. The molecule has 0 radical (unpaired) electrons. The molecular weight excluding hydrogens is 350 g/mol. The number of H-pyrrole nitrogens is 1. The van der Waals surface area contributed by atoms with E-state index in [-0.39, 0.29) is 5.91 Å². The van der Waals surface area contributed by atoms with Crippen LogP contribution in [0.2, 0.25) is 0 Å². The van der Waals surface area contributed by atoms with Gasteiger partial charge in [0.1, 0.15) is 5.75 Å². The molecule has 1 heterocycles. The highest BCUT2D eigenvalue weighted by atomic mass is 16.3. The maximum atomic E-state index is 11.6. The summed E-state index contributed by atoms with van der Waals surface area (Å²) in [5, 5.41) is 12.2. The fraction of sp³-hybridized carbons (Fsp3) is 0.391. The number of rotatable bonds is 3. The number of aromatic hydroxyl groups is 1. The monoisotopic (exact) mass is 379 g/mol. The van der Waals surface area contributed by atoms with Crippen LogP contribution in [0.5, 0.6) is 5.75 Å². The lowest BCUT2D eigenvalue weighted by molar-refractivity contribution is 0.0954. The molecule has 3 N–H and O–H groups in total. The molecule has 0 aliphatic heterocycles. The van der Waals surface area contributed by atoms with Crippen molar-refractivity contribution >= 4 is 16.9 Å². The van der Waals surface area contributed by atoms with Gasteiger partial charge in [0.15, 0.2) is 0 Å². The minimum Gasteiger partial charge on any atom is -0.508 e. The van der Waals surface area contributed by atoms with Crippen LogP contribution >= 0.6 is 0 Å². The molecule has 0 spiro atoms. The quantitative estimate of drug-likeness (QED) is 0.613. The Balaban J connectivity index is 0.000000162. The molecule has 1 aliphatic rings. The first-order valence-electron chi connectivity index (χ1n) is 10.0. The summed E-state index contributed by atoms with van der Waals surface area (Å²) in [6, 6.07) is 11.2. The number of nitrogens with one attached hydrogen (secondary N) is 2. The number of aromatic amines is 1. The molecule has 2 aromatic carbocycles. The first-order valence-corrected chi connectivity index (χ1v) is 10.0. The van der Waals surface area contributed by atoms with Crippen molar-refractivity contribution in [3.05, 3.63) is 59.4 Å². The highest BCUT2D eigenvalue weighted by Crippen LogP contribution is 2.36. The molecule has 5 nitrogen and oxygen atoms in total. The van der Waals surface area contributed by atoms with Crippen LogP contribution in [-0.4, -0.2) is 27.5 Å². The third-order valence-electron chi connectivity index (χ3n) is 5.56. The Morgan fingerprint density at radius 2 is 2.07 bits per heavy atom. The summed E-state index contributed by atoms with van der Waals surface area (Å²) in [7, 11) is 0. The van der Waals surface area contributed by atoms with E-state index in [1.807, 2.05) is 25.1 Å². The fourth-order valence-electron chi connectivity index (χ4n) is 3.59. The molecule has 0 saturated carbocycles. The van der Waals surface area contributed by atoms with Gasteiger partial charge < -0.3 is 15.4 Å². The molecule has 28 heavy (non-hydrogen) atoms. The van der Waals surface area contributed by atoms with E-state index in [0.29, 0.717) is 23.8 Å². The number of carbonyl (C=O) groups excluding carboxylic acids is 1. The van der Waals surface area contributed by atoms with Gasteiger partial charge in [0, 0.05) is 12.1 Å². The number of aryl methyl sites for hydroxylation is 1. The number of phenolic OH excluding ortho intramolecular Hbond substituents is 1. The lowest BCUT2D eigenvalue weighted by Gasteiger charge is -2.28. The molecule has 0 bridgehead atoms. The second kappa shape index (κ2) is 8.91. The molecule has 4 rings (SSSR count). The Labute approximate surface area is 166 Å². The van der Waals surface area contributed by atoms with Crippen LogP contribution in [0, 0.1) is 5.92 Å². The predicted molar refractivity (Wildman–Crippen MR) is 113 cm³/mol. The zero-order chi connectivity index (χ0) is 20.1. The van der Waals surface area contributed by atoms with Crippen LogP contribution in [0.1, 0.15) is 61.0 Å². The van der Waals surface area contributed by atoms with E-state index in [1.165, 1.54) is 24.0 Å². The smallest absolute Gasteiger partial charge is 0.251 e. The van der Waals surface area contributed by atoms with Gasteiger partial charge in [-0.25, -0.2) is 4.98 Å². The van der Waals surface area contributed by atoms with Crippen LogP contribution in [0.4, 0.5) is 0 Å². The van der Waals surface area contributed by atoms with E-state index in [0.717, 1.165) is 23.4 Å². The number of imidazole rings is 1. The highest BCUT2D eigenvalue weighted by Gasteiger charge is 2.22. The topological polar surface area (TPSA) is 78.0 Å². The van der Waals surface area contributed by atoms with Gasteiger partial charge >= 0.3 is 0 Å². The summed E-state index contributed by atoms with van der Waals surface area (Å²) in [6.45, 7) is 7.28. The maximum absolute atomic E-state index is 11.6. The Bertz CT molecular complexity index is 948. The summed E-state index contributed by atoms with van der Waals surface area (Å²) in [6.07, 6.45) is 5.01. The number of phenols is 1. The Morgan fingerprint density at radius 3 is 2.86 bits per heavy atom. The van der Waals surface area contributed by atoms with E-state index in [4.69, 9.17) is 0 Å². The summed E-state index contributed by atoms with van der Waals surface area (Å²) in [5.74, 6) is 1.71. The van der Waals surface area contributed by atoms with Gasteiger partial charge in [-0.3, -0.25) is 4.79 Å². The standard InChI is InChI=1S/C12H16O.C11H13N3O/c1-8-3-4-10-5-6-11(13)7-12(10)9(8)2;1-2-5-12-11(15)8-3-4-9-10(6-8)14-7-13-9/h5-9,13H,3-4H2,1-2H3;3-4,6-7H,2,5H2,1H3,(H,12,15)(H,13,14)/t8-,9-;/m1./s1. The molecule has 5 heteroatoms. The Kier molecular flexibility index (Phi) is 6.34. The van der Waals surface area contributed by atoms with E-state index < -0.39 is 0 Å². The molecule has 1 amide bonds. The highest BCUT2D eigenvalue weighted by molar-refractivity contribution is 5.97. The van der Waals surface area contributed by atoms with Crippen molar-refractivity contribution in [3.63, 3.8) is 0 Å². The van der Waals surface area contributed by atoms with Gasteiger partial charge in [0.05, 0.1) is 17.4 Å². The number of hydrogen-bond donors (Lipinski definition) is 3. The average molecular weight is 380 g/mol. The van der Waals surface area contributed by atoms with Crippen molar-refractivity contribution in [2.24, 2.45) is 5.92 Å². The first-order chi connectivity index (χ1) is 13.5. The van der Waals surface area contributed by atoms with Crippen molar-refractivity contribution < 1.29 is 9.90 Å². The van der Waals surface area contributed by atoms with Gasteiger partial charge in [-0.2, -0.15) is 0 Å². The number of aromatic nitrogens is 2. The molecule has 148 valence electrons.